The Labute approximate surface area is 108 Å². The maximum Gasteiger partial charge on any atom is 0.252 e. The van der Waals surface area contributed by atoms with E-state index in [4.69, 9.17) is 17.3 Å². The maximum atomic E-state index is 11.8. The van der Waals surface area contributed by atoms with E-state index >= 15 is 0 Å². The fourth-order valence-corrected chi connectivity index (χ4v) is 1.70. The Balaban J connectivity index is 2.71. The quantitative estimate of drug-likeness (QED) is 0.816. The van der Waals surface area contributed by atoms with Crippen molar-refractivity contribution in [2.24, 2.45) is 0 Å². The first-order valence-electron chi connectivity index (χ1n) is 5.08. The fourth-order valence-electron chi connectivity index (χ4n) is 1.17. The molecule has 17 heavy (non-hydrogen) atoms. The lowest BCUT2D eigenvalue weighted by Gasteiger charge is -2.11. The number of nitrogens with one attached hydrogen (secondary N) is 1. The van der Waals surface area contributed by atoms with Gasteiger partial charge in [0.05, 0.1) is 16.3 Å². The van der Waals surface area contributed by atoms with Crippen LogP contribution >= 0.6 is 11.6 Å². The van der Waals surface area contributed by atoms with Gasteiger partial charge < -0.3 is 11.1 Å². The number of halogens is 1. The van der Waals surface area contributed by atoms with Gasteiger partial charge in [-0.15, -0.1) is 0 Å². The number of carbonyl (C=O) groups is 1. The number of carbonyl (C=O) groups excluding carboxylic acids is 1. The van der Waals surface area contributed by atoms with Gasteiger partial charge in [0.1, 0.15) is 0 Å². The molecule has 0 spiro atoms. The van der Waals surface area contributed by atoms with Crippen molar-refractivity contribution in [1.82, 2.24) is 5.32 Å². The first-order valence-corrected chi connectivity index (χ1v) is 7.07. The molecule has 0 fully saturated rings. The number of hydrogen-bond donors (Lipinski definition) is 2. The molecule has 3 N–H and O–H groups in total. The van der Waals surface area contributed by atoms with Crippen molar-refractivity contribution in [2.45, 2.75) is 12.2 Å². The molecule has 2 atom stereocenters. The van der Waals surface area contributed by atoms with E-state index in [2.05, 4.69) is 5.32 Å². The third kappa shape index (κ3) is 3.71. The van der Waals surface area contributed by atoms with Crippen molar-refractivity contribution in [1.29, 1.82) is 0 Å². The van der Waals surface area contributed by atoms with Gasteiger partial charge >= 0.3 is 0 Å². The second-order valence-corrected chi connectivity index (χ2v) is 5.91. The number of amides is 1. The average molecular weight is 275 g/mol. The highest BCUT2D eigenvalue weighted by molar-refractivity contribution is 7.84. The highest BCUT2D eigenvalue weighted by Gasteiger charge is 2.13. The molecule has 94 valence electrons. The van der Waals surface area contributed by atoms with Gasteiger partial charge in [0.2, 0.25) is 0 Å². The molecule has 0 bridgehead atoms. The van der Waals surface area contributed by atoms with Crippen molar-refractivity contribution in [3.63, 3.8) is 0 Å². The molecule has 6 heteroatoms. The zero-order chi connectivity index (χ0) is 13.0. The van der Waals surface area contributed by atoms with Crippen LogP contribution in [0.2, 0.25) is 5.02 Å². The van der Waals surface area contributed by atoms with E-state index < -0.39 is 10.8 Å². The molecule has 1 rings (SSSR count). The third-order valence-corrected chi connectivity index (χ3v) is 4.11. The lowest BCUT2D eigenvalue weighted by atomic mass is 10.2. The second-order valence-electron chi connectivity index (χ2n) is 3.73. The number of anilines is 1. The van der Waals surface area contributed by atoms with Gasteiger partial charge in [-0.2, -0.15) is 0 Å². The fraction of sp³-hybridized carbons (Fsp3) is 0.364. The number of nitrogen functional groups attached to an aromatic ring is 1. The van der Waals surface area contributed by atoms with Crippen LogP contribution in [0.4, 0.5) is 5.69 Å². The lowest BCUT2D eigenvalue weighted by Crippen LogP contribution is -2.32. The third-order valence-electron chi connectivity index (χ3n) is 2.39. The Morgan fingerprint density at radius 1 is 1.59 bits per heavy atom. The number of nitrogens with two attached hydrogens (primary N) is 1. The normalized spacial score (nSPS) is 14.1. The molecule has 1 aromatic carbocycles. The molecule has 0 aliphatic heterocycles. The summed E-state index contributed by atoms with van der Waals surface area (Å²) in [6.45, 7) is 2.14. The molecule has 0 heterocycles. The highest BCUT2D eigenvalue weighted by Crippen LogP contribution is 2.22. The van der Waals surface area contributed by atoms with E-state index in [-0.39, 0.29) is 16.2 Å². The molecule has 0 radical (unpaired) electrons. The minimum atomic E-state index is -0.965. The zero-order valence-corrected chi connectivity index (χ0v) is 11.3. The lowest BCUT2D eigenvalue weighted by molar-refractivity contribution is 0.0954. The van der Waals surface area contributed by atoms with E-state index in [0.717, 1.165) is 0 Å². The molecule has 0 aliphatic carbocycles. The van der Waals surface area contributed by atoms with Crippen LogP contribution < -0.4 is 11.1 Å². The summed E-state index contributed by atoms with van der Waals surface area (Å²) in [7, 11) is -0.965. The molecule has 0 saturated carbocycles. The number of rotatable bonds is 4. The summed E-state index contributed by atoms with van der Waals surface area (Å²) in [6.07, 6.45) is 1.60. The molecule has 0 saturated heterocycles. The second kappa shape index (κ2) is 6.02. The highest BCUT2D eigenvalue weighted by atomic mass is 35.5. The number of benzene rings is 1. The van der Waals surface area contributed by atoms with E-state index in [1.165, 1.54) is 0 Å². The molecule has 4 nitrogen and oxygen atoms in total. The van der Waals surface area contributed by atoms with Crippen LogP contribution in [0, 0.1) is 0 Å². The molecule has 1 aromatic rings. The Morgan fingerprint density at radius 2 is 2.24 bits per heavy atom. The van der Waals surface area contributed by atoms with Crippen molar-refractivity contribution >= 4 is 34.0 Å². The topological polar surface area (TPSA) is 72.2 Å². The van der Waals surface area contributed by atoms with Crippen molar-refractivity contribution in [3.8, 4) is 0 Å². The molecule has 1 amide bonds. The smallest absolute Gasteiger partial charge is 0.252 e. The van der Waals surface area contributed by atoms with E-state index in [9.17, 15) is 9.00 Å². The predicted octanol–water partition coefficient (Wildman–Crippen LogP) is 1.42. The Kier molecular flexibility index (Phi) is 4.96. The average Bonchev–Trinajstić information content (AvgIpc) is 2.29. The van der Waals surface area contributed by atoms with Crippen molar-refractivity contribution in [3.05, 3.63) is 28.8 Å². The van der Waals surface area contributed by atoms with Gasteiger partial charge in [-0.1, -0.05) is 17.7 Å². The predicted molar refractivity (Wildman–Crippen MR) is 71.7 cm³/mol. The van der Waals surface area contributed by atoms with Crippen molar-refractivity contribution < 1.29 is 9.00 Å². The van der Waals surface area contributed by atoms with Crippen molar-refractivity contribution in [2.75, 3.05) is 18.5 Å². The summed E-state index contributed by atoms with van der Waals surface area (Å²) in [5.41, 5.74) is 6.30. The maximum absolute atomic E-state index is 11.8. The molecule has 0 aromatic heterocycles. The monoisotopic (exact) mass is 274 g/mol. The van der Waals surface area contributed by atoms with Gasteiger partial charge in [0.25, 0.3) is 5.91 Å². The summed E-state index contributed by atoms with van der Waals surface area (Å²) in [4.78, 5) is 11.8. The summed E-state index contributed by atoms with van der Waals surface area (Å²) in [5, 5.41) is 2.82. The summed E-state index contributed by atoms with van der Waals surface area (Å²) in [5.74, 6) is -0.306. The van der Waals surface area contributed by atoms with Crippen LogP contribution in [0.25, 0.3) is 0 Å². The van der Waals surface area contributed by atoms with Crippen LogP contribution in [-0.4, -0.2) is 28.2 Å². The molecule has 0 aliphatic rings. The van der Waals surface area contributed by atoms with Gasteiger partial charge in [0.15, 0.2) is 0 Å². The SMILES string of the molecule is CC(CNC(=O)c1cccc(N)c1Cl)S(C)=O. The Hall–Kier alpha value is -1.07. The Morgan fingerprint density at radius 3 is 2.82 bits per heavy atom. The minimum absolute atomic E-state index is 0.0983. The number of hydrogen-bond acceptors (Lipinski definition) is 3. The van der Waals surface area contributed by atoms with Crippen LogP contribution in [0.15, 0.2) is 18.2 Å². The van der Waals surface area contributed by atoms with Gasteiger partial charge in [-0.3, -0.25) is 9.00 Å². The van der Waals surface area contributed by atoms with Crippen LogP contribution in [0.3, 0.4) is 0 Å². The van der Waals surface area contributed by atoms with Crippen LogP contribution in [0.5, 0.6) is 0 Å². The van der Waals surface area contributed by atoms with E-state index in [1.54, 1.807) is 31.4 Å². The largest absolute Gasteiger partial charge is 0.398 e. The first kappa shape index (κ1) is 14.0. The van der Waals surface area contributed by atoms with Gasteiger partial charge in [0, 0.05) is 28.9 Å². The molecular weight excluding hydrogens is 260 g/mol. The van der Waals surface area contributed by atoms with Gasteiger partial charge in [-0.25, -0.2) is 0 Å². The first-order chi connectivity index (χ1) is 7.93. The van der Waals surface area contributed by atoms with E-state index in [0.29, 0.717) is 17.8 Å². The van der Waals surface area contributed by atoms with Crippen LogP contribution in [-0.2, 0) is 10.8 Å². The minimum Gasteiger partial charge on any atom is -0.398 e. The van der Waals surface area contributed by atoms with E-state index in [1.807, 2.05) is 0 Å². The molecular formula is C11H15ClN2O2S. The summed E-state index contributed by atoms with van der Waals surface area (Å²) >= 11 is 5.92. The summed E-state index contributed by atoms with van der Waals surface area (Å²) in [6, 6.07) is 4.89. The Bertz CT molecular complexity index is 451. The van der Waals surface area contributed by atoms with Crippen LogP contribution in [0.1, 0.15) is 17.3 Å². The molecule has 2 unspecified atom stereocenters. The zero-order valence-electron chi connectivity index (χ0n) is 9.70. The van der Waals surface area contributed by atoms with Gasteiger partial charge in [-0.05, 0) is 19.1 Å². The summed E-state index contributed by atoms with van der Waals surface area (Å²) < 4.78 is 11.1. The standard InChI is InChI=1S/C11H15ClN2O2S/c1-7(17(2)16)6-14-11(15)8-4-3-5-9(13)10(8)12/h3-5,7H,6,13H2,1-2H3,(H,14,15).